The number of carbonyl (C=O) groups excluding carboxylic acids is 1. The lowest BCUT2D eigenvalue weighted by Gasteiger charge is -2.11. The third kappa shape index (κ3) is 3.77. The Hall–Kier alpha value is -3.89. The molecule has 11 heteroatoms. The number of hydrogen-bond donors (Lipinski definition) is 1. The molecule has 5 aromatic rings. The molecule has 1 N–H and O–H groups in total. The number of para-hydroxylation sites is 1. The van der Waals surface area contributed by atoms with Gasteiger partial charge in [0.25, 0.3) is 5.91 Å². The van der Waals surface area contributed by atoms with Crippen molar-refractivity contribution in [1.29, 1.82) is 0 Å². The molecule has 5 rings (SSSR count). The predicted molar refractivity (Wildman–Crippen MR) is 119 cm³/mol. The standard InChI is InChI=1S/C21H13ClFN7OS/c22-15-6-2-7-16(18(15)29-12-24-11-25-29)26-21(31)19-27-20(17-8-3-9-32-17)30(28-19)14-5-1-4-13(23)10-14/h1-12H,(H,26,31). The van der Waals surface area contributed by atoms with Crippen molar-refractivity contribution < 1.29 is 9.18 Å². The summed E-state index contributed by atoms with van der Waals surface area (Å²) in [7, 11) is 0. The van der Waals surface area contributed by atoms with E-state index in [-0.39, 0.29) is 5.82 Å². The Morgan fingerprint density at radius 3 is 2.75 bits per heavy atom. The average molecular weight is 466 g/mol. The first-order chi connectivity index (χ1) is 15.6. The fourth-order valence-corrected chi connectivity index (χ4v) is 4.07. The molecule has 0 atom stereocenters. The second-order valence-electron chi connectivity index (χ2n) is 6.56. The zero-order chi connectivity index (χ0) is 22.1. The van der Waals surface area contributed by atoms with E-state index in [2.05, 4.69) is 25.5 Å². The van der Waals surface area contributed by atoms with Crippen LogP contribution in [0.25, 0.3) is 22.1 Å². The quantitative estimate of drug-likeness (QED) is 0.409. The van der Waals surface area contributed by atoms with Gasteiger partial charge in [0.05, 0.1) is 21.3 Å². The Balaban J connectivity index is 1.55. The van der Waals surface area contributed by atoms with Gasteiger partial charge in [0.15, 0.2) is 5.82 Å². The number of nitrogens with one attached hydrogen (secondary N) is 1. The van der Waals surface area contributed by atoms with E-state index in [9.17, 15) is 9.18 Å². The first-order valence-electron chi connectivity index (χ1n) is 9.32. The van der Waals surface area contributed by atoms with Gasteiger partial charge in [0, 0.05) is 0 Å². The smallest absolute Gasteiger partial charge is 0.295 e. The molecule has 8 nitrogen and oxygen atoms in total. The van der Waals surface area contributed by atoms with Crippen molar-refractivity contribution in [2.45, 2.75) is 0 Å². The van der Waals surface area contributed by atoms with E-state index in [1.807, 2.05) is 17.5 Å². The average Bonchev–Trinajstić information content (AvgIpc) is 3.54. The van der Waals surface area contributed by atoms with Crippen LogP contribution in [-0.4, -0.2) is 35.4 Å². The minimum Gasteiger partial charge on any atom is -0.317 e. The molecular formula is C21H13ClFN7OS. The lowest BCUT2D eigenvalue weighted by atomic mass is 10.2. The van der Waals surface area contributed by atoms with E-state index < -0.39 is 11.7 Å². The number of benzene rings is 2. The molecule has 3 heterocycles. The lowest BCUT2D eigenvalue weighted by Crippen LogP contribution is -2.16. The molecule has 1 amide bonds. The van der Waals surface area contributed by atoms with E-state index in [1.54, 1.807) is 30.3 Å². The van der Waals surface area contributed by atoms with Gasteiger partial charge in [-0.1, -0.05) is 29.8 Å². The van der Waals surface area contributed by atoms with Crippen molar-refractivity contribution in [1.82, 2.24) is 29.5 Å². The van der Waals surface area contributed by atoms with Gasteiger partial charge in [-0.05, 0) is 41.8 Å². The highest BCUT2D eigenvalue weighted by molar-refractivity contribution is 7.13. The molecule has 158 valence electrons. The molecule has 0 saturated heterocycles. The van der Waals surface area contributed by atoms with Crippen LogP contribution >= 0.6 is 22.9 Å². The molecule has 0 spiro atoms. The SMILES string of the molecule is O=C(Nc1cccc(Cl)c1-n1cncn1)c1nc(-c2cccs2)n(-c2cccc(F)c2)n1. The van der Waals surface area contributed by atoms with Crippen LogP contribution in [0.15, 0.2) is 72.6 Å². The summed E-state index contributed by atoms with van der Waals surface area (Å²) in [5.41, 5.74) is 1.32. The third-order valence-corrected chi connectivity index (χ3v) is 5.66. The summed E-state index contributed by atoms with van der Waals surface area (Å²) in [6.07, 6.45) is 2.84. The first kappa shape index (κ1) is 20.0. The van der Waals surface area contributed by atoms with E-state index >= 15 is 0 Å². The largest absolute Gasteiger partial charge is 0.317 e. The van der Waals surface area contributed by atoms with Crippen molar-refractivity contribution in [3.05, 3.63) is 89.3 Å². The molecule has 0 unspecified atom stereocenters. The number of thiophene rings is 1. The highest BCUT2D eigenvalue weighted by Gasteiger charge is 2.21. The molecule has 0 radical (unpaired) electrons. The fourth-order valence-electron chi connectivity index (χ4n) is 3.11. The summed E-state index contributed by atoms with van der Waals surface area (Å²) >= 11 is 7.77. The number of rotatable bonds is 5. The minimum absolute atomic E-state index is 0.0813. The number of amides is 1. The van der Waals surface area contributed by atoms with Gasteiger partial charge in [-0.2, -0.15) is 5.10 Å². The van der Waals surface area contributed by atoms with Crippen LogP contribution in [-0.2, 0) is 0 Å². The maximum Gasteiger partial charge on any atom is 0.295 e. The maximum absolute atomic E-state index is 13.8. The van der Waals surface area contributed by atoms with Gasteiger partial charge in [0.1, 0.15) is 24.2 Å². The second kappa shape index (κ2) is 8.33. The normalized spacial score (nSPS) is 10.9. The Morgan fingerprint density at radius 2 is 2.00 bits per heavy atom. The number of halogens is 2. The van der Waals surface area contributed by atoms with Gasteiger partial charge in [-0.25, -0.2) is 23.7 Å². The molecule has 0 aliphatic rings. The van der Waals surface area contributed by atoms with Crippen molar-refractivity contribution in [3.63, 3.8) is 0 Å². The number of aromatic nitrogens is 6. The number of nitrogens with zero attached hydrogens (tertiary/aromatic N) is 6. The van der Waals surface area contributed by atoms with Crippen LogP contribution in [0.1, 0.15) is 10.6 Å². The van der Waals surface area contributed by atoms with Gasteiger partial charge in [0.2, 0.25) is 5.82 Å². The molecule has 0 aliphatic heterocycles. The molecule has 0 saturated carbocycles. The van der Waals surface area contributed by atoms with Crippen molar-refractivity contribution in [2.75, 3.05) is 5.32 Å². The summed E-state index contributed by atoms with van der Waals surface area (Å²) in [6.45, 7) is 0. The van der Waals surface area contributed by atoms with Crippen LogP contribution in [0.5, 0.6) is 0 Å². The second-order valence-corrected chi connectivity index (χ2v) is 7.91. The van der Waals surface area contributed by atoms with Crippen LogP contribution in [0.4, 0.5) is 10.1 Å². The lowest BCUT2D eigenvalue weighted by molar-refractivity contribution is 0.101. The summed E-state index contributed by atoms with van der Waals surface area (Å²) in [6, 6.07) is 14.7. The summed E-state index contributed by atoms with van der Waals surface area (Å²) < 4.78 is 16.7. The van der Waals surface area contributed by atoms with Crippen LogP contribution in [0.2, 0.25) is 5.02 Å². The molecule has 2 aromatic carbocycles. The van der Waals surface area contributed by atoms with Gasteiger partial charge >= 0.3 is 0 Å². The Bertz CT molecular complexity index is 1400. The van der Waals surface area contributed by atoms with E-state index in [4.69, 9.17) is 11.6 Å². The number of anilines is 1. The highest BCUT2D eigenvalue weighted by atomic mass is 35.5. The molecule has 3 aromatic heterocycles. The Kier molecular flexibility index (Phi) is 5.21. The van der Waals surface area contributed by atoms with Gasteiger partial charge < -0.3 is 5.32 Å². The Labute approximate surface area is 189 Å². The maximum atomic E-state index is 13.8. The third-order valence-electron chi connectivity index (χ3n) is 4.49. The topological polar surface area (TPSA) is 90.5 Å². The highest BCUT2D eigenvalue weighted by Crippen LogP contribution is 2.29. The molecule has 0 fully saturated rings. The predicted octanol–water partition coefficient (Wildman–Crippen LogP) is 4.62. The van der Waals surface area contributed by atoms with Crippen LogP contribution < -0.4 is 5.32 Å². The van der Waals surface area contributed by atoms with Crippen LogP contribution in [0, 0.1) is 5.82 Å². The zero-order valence-corrected chi connectivity index (χ0v) is 17.8. The summed E-state index contributed by atoms with van der Waals surface area (Å²) in [5.74, 6) is -0.625. The minimum atomic E-state index is -0.554. The van der Waals surface area contributed by atoms with E-state index in [0.29, 0.717) is 27.9 Å². The summed E-state index contributed by atoms with van der Waals surface area (Å²) in [5, 5.41) is 13.5. The molecule has 0 bridgehead atoms. The number of carbonyl (C=O) groups is 1. The molecule has 32 heavy (non-hydrogen) atoms. The van der Waals surface area contributed by atoms with E-state index in [0.717, 1.165) is 4.88 Å². The Morgan fingerprint density at radius 1 is 1.12 bits per heavy atom. The van der Waals surface area contributed by atoms with Gasteiger partial charge in [-0.15, -0.1) is 16.4 Å². The van der Waals surface area contributed by atoms with Crippen molar-refractivity contribution in [3.8, 4) is 22.1 Å². The van der Waals surface area contributed by atoms with E-state index in [1.165, 1.54) is 45.5 Å². The molecule has 0 aliphatic carbocycles. The van der Waals surface area contributed by atoms with Crippen molar-refractivity contribution in [2.24, 2.45) is 0 Å². The van der Waals surface area contributed by atoms with Crippen molar-refractivity contribution >= 4 is 34.5 Å². The number of hydrogen-bond acceptors (Lipinski definition) is 6. The summed E-state index contributed by atoms with van der Waals surface area (Å²) in [4.78, 5) is 22.2. The first-order valence-corrected chi connectivity index (χ1v) is 10.6. The van der Waals surface area contributed by atoms with Crippen LogP contribution in [0.3, 0.4) is 0 Å². The fraction of sp³-hybridized carbons (Fsp3) is 0. The zero-order valence-electron chi connectivity index (χ0n) is 16.2. The molecular weight excluding hydrogens is 453 g/mol. The van der Waals surface area contributed by atoms with Gasteiger partial charge in [-0.3, -0.25) is 4.79 Å². The monoisotopic (exact) mass is 465 g/mol.